The van der Waals surface area contributed by atoms with Gasteiger partial charge in [-0.15, -0.1) is 0 Å². The summed E-state index contributed by atoms with van der Waals surface area (Å²) in [4.78, 5) is 25.6. The van der Waals surface area contributed by atoms with E-state index in [1.807, 2.05) is 0 Å². The highest BCUT2D eigenvalue weighted by Crippen LogP contribution is 2.43. The maximum atomic E-state index is 12.9. The maximum absolute atomic E-state index is 12.9. The molecule has 3 aliphatic rings. The number of fused-ring (bicyclic) bond motifs is 1. The van der Waals surface area contributed by atoms with Gasteiger partial charge in [0.25, 0.3) is 0 Å². The van der Waals surface area contributed by atoms with Gasteiger partial charge in [0, 0.05) is 24.3 Å². The molecule has 3 fully saturated rings. The van der Waals surface area contributed by atoms with E-state index in [9.17, 15) is 81.1 Å². The lowest BCUT2D eigenvalue weighted by Crippen LogP contribution is -2.65. The van der Waals surface area contributed by atoms with Gasteiger partial charge >= 0.3 is 23.3 Å². The molecule has 4 heterocycles. The monoisotopic (exact) mass is 1070 g/mol. The Morgan fingerprint density at radius 3 is 1.66 bits per heavy atom. The quantitative estimate of drug-likeness (QED) is 0.0259. The number of aromatic hydroxyl groups is 5. The molecule has 406 valence electrons. The zero-order valence-corrected chi connectivity index (χ0v) is 39.4. The Hall–Kier alpha value is -7.21. The van der Waals surface area contributed by atoms with Crippen molar-refractivity contribution in [3.8, 4) is 51.6 Å². The van der Waals surface area contributed by atoms with Crippen LogP contribution in [0.2, 0.25) is 0 Å². The number of aliphatic hydroxyl groups is 9. The predicted molar refractivity (Wildman–Crippen MR) is 255 cm³/mol. The van der Waals surface area contributed by atoms with Gasteiger partial charge in [0.05, 0.1) is 18.2 Å². The summed E-state index contributed by atoms with van der Waals surface area (Å²) in [5.41, 5.74) is 0.841. The largest absolute Gasteiger partial charge is 0.508 e. The van der Waals surface area contributed by atoms with Crippen LogP contribution in [0.15, 0.2) is 101 Å². The van der Waals surface area contributed by atoms with Gasteiger partial charge in [-0.25, -0.2) is 14.0 Å². The van der Waals surface area contributed by atoms with E-state index in [0.29, 0.717) is 5.56 Å². The van der Waals surface area contributed by atoms with Crippen LogP contribution in [0.5, 0.6) is 40.2 Å². The van der Waals surface area contributed by atoms with E-state index >= 15 is 0 Å². The molecule has 0 radical (unpaired) electrons. The van der Waals surface area contributed by atoms with Crippen LogP contribution >= 0.6 is 0 Å². The van der Waals surface area contributed by atoms with E-state index in [2.05, 4.69) is 0 Å². The average molecular weight is 1070 g/mol. The van der Waals surface area contributed by atoms with Crippen molar-refractivity contribution in [2.45, 2.75) is 92.1 Å². The lowest BCUT2D eigenvalue weighted by molar-refractivity contribution is -0.358. The smallest absolute Gasteiger partial charge is 0.402 e. The number of benzene rings is 4. The molecule has 1 aromatic heterocycles. The molecule has 0 spiro atoms. The summed E-state index contributed by atoms with van der Waals surface area (Å²) in [5, 5.41) is 148. The molecule has 0 aliphatic carbocycles. The molecule has 0 amide bonds. The lowest BCUT2D eigenvalue weighted by atomic mass is 9.97. The fourth-order valence-electron chi connectivity index (χ4n) is 8.17. The van der Waals surface area contributed by atoms with Crippen LogP contribution in [0.4, 0.5) is 0 Å². The molecule has 25 heteroatoms. The third-order valence-electron chi connectivity index (χ3n) is 12.4. The first-order valence-corrected chi connectivity index (χ1v) is 23.2. The highest BCUT2D eigenvalue weighted by atomic mass is 16.8. The van der Waals surface area contributed by atoms with Crippen molar-refractivity contribution < 1.29 is 123 Å². The van der Waals surface area contributed by atoms with Crippen LogP contribution in [0.1, 0.15) is 11.1 Å². The Morgan fingerprint density at radius 2 is 1.04 bits per heavy atom. The number of esters is 2. The van der Waals surface area contributed by atoms with Crippen LogP contribution < -0.4 is 9.47 Å². The minimum atomic E-state index is -2.12. The molecule has 4 aromatic carbocycles. The molecule has 76 heavy (non-hydrogen) atoms. The van der Waals surface area contributed by atoms with Gasteiger partial charge in [-0.2, -0.15) is 0 Å². The number of carbonyl (C=O) groups is 2. The van der Waals surface area contributed by atoms with E-state index in [1.165, 1.54) is 78.9 Å². The second-order valence-corrected chi connectivity index (χ2v) is 17.7. The number of hydrogen-bond donors (Lipinski definition) is 14. The average Bonchev–Trinajstić information content (AvgIpc) is 3.41. The standard InChI is InChI=1S/C51H52O25/c52-19-34-39(60)42(63)45(66)49(73-34)71-32-17-27(55)16-31-28(32)18-33(47(70-31)24-6-10-26(54)11-7-24)72-51-48(44(65)41(62)36(75-51)21-69-37(58)13-4-22-1-8-25(53)9-2-22)76-50-46(67)43(64)40(61)35(74-50)20-68-38(59)14-5-23-3-12-29(56)30(57)15-23/h1-18,34-36,39-46,48-52,60-67H,19-21H2,(H4-,53,54,55,56,57,58,59)/p+1/t34-,35+,36+,39+,40+,41+,42-,43-,44-,45-,46-,48-,49+,50-,51+/m0/s1. The summed E-state index contributed by atoms with van der Waals surface area (Å²) in [5.74, 6) is -4.30. The van der Waals surface area contributed by atoms with Crippen LogP contribution in [-0.2, 0) is 38.0 Å². The third kappa shape index (κ3) is 12.5. The maximum Gasteiger partial charge on any atom is 0.402 e. The molecule has 3 aliphatic heterocycles. The summed E-state index contributed by atoms with van der Waals surface area (Å²) in [7, 11) is 0. The summed E-state index contributed by atoms with van der Waals surface area (Å²) < 4.78 is 52.7. The molecule has 25 nitrogen and oxygen atoms in total. The third-order valence-corrected chi connectivity index (χ3v) is 12.4. The number of hydrogen-bond acceptors (Lipinski definition) is 24. The van der Waals surface area contributed by atoms with Crippen molar-refractivity contribution >= 4 is 35.1 Å². The van der Waals surface area contributed by atoms with E-state index < -0.39 is 141 Å². The summed E-state index contributed by atoms with van der Waals surface area (Å²) >= 11 is 0. The van der Waals surface area contributed by atoms with Crippen LogP contribution in [0.25, 0.3) is 34.4 Å². The highest BCUT2D eigenvalue weighted by molar-refractivity contribution is 5.89. The van der Waals surface area contributed by atoms with E-state index in [4.69, 9.17) is 42.3 Å². The number of rotatable bonds is 16. The molecule has 14 N–H and O–H groups in total. The van der Waals surface area contributed by atoms with Gasteiger partial charge in [0.1, 0.15) is 109 Å². The molecule has 5 aromatic rings. The second-order valence-electron chi connectivity index (χ2n) is 17.7. The molecular weight excluding hydrogens is 1010 g/mol. The summed E-state index contributed by atoms with van der Waals surface area (Å²) in [6.07, 6.45) is -23.7. The van der Waals surface area contributed by atoms with Crippen molar-refractivity contribution in [1.29, 1.82) is 0 Å². The fraction of sp³-hybridized carbons (Fsp3) is 0.353. The Kier molecular flexibility index (Phi) is 17.2. The first-order chi connectivity index (χ1) is 36.3. The molecule has 3 saturated heterocycles. The fourth-order valence-corrected chi connectivity index (χ4v) is 8.17. The first-order valence-electron chi connectivity index (χ1n) is 23.2. The van der Waals surface area contributed by atoms with Crippen LogP contribution in [-0.4, -0.2) is 195 Å². The highest BCUT2D eigenvalue weighted by Gasteiger charge is 2.53. The molecule has 15 atom stereocenters. The number of aliphatic hydroxyl groups excluding tert-OH is 9. The Balaban J connectivity index is 1.12. The van der Waals surface area contributed by atoms with E-state index in [-0.39, 0.29) is 50.9 Å². The van der Waals surface area contributed by atoms with Crippen molar-refractivity contribution in [3.63, 3.8) is 0 Å². The zero-order chi connectivity index (χ0) is 54.5. The Morgan fingerprint density at radius 1 is 0.513 bits per heavy atom. The molecular formula is C51H53O25+. The number of ether oxygens (including phenoxy) is 8. The minimum absolute atomic E-state index is 0.0197. The van der Waals surface area contributed by atoms with Crippen molar-refractivity contribution in [3.05, 3.63) is 108 Å². The number of phenolic OH excluding ortho intramolecular Hbond substituents is 5. The van der Waals surface area contributed by atoms with Gasteiger partial charge in [0.2, 0.25) is 18.3 Å². The van der Waals surface area contributed by atoms with Crippen LogP contribution in [0, 0.1) is 0 Å². The SMILES string of the molecule is O=C(/C=C/c1ccc(O)c(O)c1)OC[C@H]1O[C@@H](O[C@@H]2[C@H](Oc3cc4c(O[C@@H]5O[C@@H](CO)[C@@H](O)[C@H](O)[C@@H]5O)cc(O)cc4[o+]c3-c3ccc(O)cc3)O[C@H](COC(=O)/C=C/c3ccc(O)cc3)[C@@H](O)[C@@H]2O)[C@@H](O)[C@@H](O)[C@@H]1O. The van der Waals surface area contributed by atoms with Crippen molar-refractivity contribution in [2.75, 3.05) is 19.8 Å². The zero-order valence-electron chi connectivity index (χ0n) is 39.4. The van der Waals surface area contributed by atoms with Gasteiger partial charge < -0.3 is 109 Å². The summed E-state index contributed by atoms with van der Waals surface area (Å²) in [6.45, 7) is -2.33. The van der Waals surface area contributed by atoms with Crippen molar-refractivity contribution in [2.24, 2.45) is 0 Å². The minimum Gasteiger partial charge on any atom is -0.508 e. The number of phenols is 5. The van der Waals surface area contributed by atoms with Gasteiger partial charge in [-0.1, -0.05) is 18.2 Å². The second kappa shape index (κ2) is 23.8. The van der Waals surface area contributed by atoms with Gasteiger partial charge in [-0.3, -0.25) is 0 Å². The topological polar surface area (TPSA) is 403 Å². The van der Waals surface area contributed by atoms with E-state index in [1.54, 1.807) is 0 Å². The van der Waals surface area contributed by atoms with Gasteiger partial charge in [0.15, 0.2) is 23.9 Å². The van der Waals surface area contributed by atoms with Crippen LogP contribution in [0.3, 0.4) is 0 Å². The Bertz CT molecular complexity index is 2880. The first kappa shape index (κ1) is 55.0. The normalized spacial score (nSPS) is 29.8. The van der Waals surface area contributed by atoms with E-state index in [0.717, 1.165) is 30.4 Å². The molecule has 0 unspecified atom stereocenters. The molecule has 0 bridgehead atoms. The Labute approximate surface area is 429 Å². The molecule has 8 rings (SSSR count). The predicted octanol–water partition coefficient (Wildman–Crippen LogP) is -0.381. The van der Waals surface area contributed by atoms with Crippen molar-refractivity contribution in [1.82, 2.24) is 0 Å². The molecule has 0 saturated carbocycles. The van der Waals surface area contributed by atoms with Gasteiger partial charge in [-0.05, 0) is 71.8 Å². The number of carbonyl (C=O) groups excluding carboxylic acids is 2. The summed E-state index contributed by atoms with van der Waals surface area (Å²) in [6, 6.07) is 18.3. The lowest BCUT2D eigenvalue weighted by Gasteiger charge is -2.45.